The first-order valence-corrected chi connectivity index (χ1v) is 8.83. The minimum absolute atomic E-state index is 0.00336. The van der Waals surface area contributed by atoms with Crippen molar-refractivity contribution in [3.63, 3.8) is 0 Å². The van der Waals surface area contributed by atoms with Gasteiger partial charge in [0.15, 0.2) is 0 Å². The quantitative estimate of drug-likeness (QED) is 0.569. The smallest absolute Gasteiger partial charge is 0.222 e. The summed E-state index contributed by atoms with van der Waals surface area (Å²) < 4.78 is 0. The zero-order valence-electron chi connectivity index (χ0n) is 16.3. The first-order valence-electron chi connectivity index (χ1n) is 8.83. The molecular formula is C18H35N3O3. The van der Waals surface area contributed by atoms with E-state index in [1.54, 1.807) is 0 Å². The van der Waals surface area contributed by atoms with E-state index in [1.807, 2.05) is 48.5 Å². The number of hydrogen-bond donors (Lipinski definition) is 3. The van der Waals surface area contributed by atoms with Gasteiger partial charge in [-0.1, -0.05) is 13.8 Å². The predicted molar refractivity (Wildman–Crippen MR) is 96.4 cm³/mol. The average Bonchev–Trinajstić information content (AvgIpc) is 2.42. The highest BCUT2D eigenvalue weighted by Crippen LogP contribution is 2.12. The minimum atomic E-state index is -0.418. The van der Waals surface area contributed by atoms with Crippen LogP contribution in [-0.4, -0.2) is 35.3 Å². The summed E-state index contributed by atoms with van der Waals surface area (Å²) in [5, 5.41) is 8.69. The molecule has 3 N–H and O–H groups in total. The van der Waals surface area contributed by atoms with Crippen LogP contribution < -0.4 is 16.0 Å². The van der Waals surface area contributed by atoms with Gasteiger partial charge in [0.05, 0.1) is 0 Å². The first-order chi connectivity index (χ1) is 10.9. The summed E-state index contributed by atoms with van der Waals surface area (Å²) in [6, 6.07) is 0.0782. The van der Waals surface area contributed by atoms with Crippen LogP contribution in [0.25, 0.3) is 0 Å². The van der Waals surface area contributed by atoms with Gasteiger partial charge in [-0.15, -0.1) is 0 Å². The molecule has 0 radical (unpaired) electrons. The standard InChI is InChI=1S/C18H35N3O3/c1-12(2)17(24)21-18(6,7)11-10-16(23)20-14(5)8-9-15(22)19-13(3)4/h12-14H,8-11H2,1-7H3,(H,19,22)(H,20,23)(H,21,24). The Bertz CT molecular complexity index is 431. The molecule has 0 spiro atoms. The Morgan fingerprint density at radius 3 is 1.92 bits per heavy atom. The van der Waals surface area contributed by atoms with Crippen LogP contribution in [-0.2, 0) is 14.4 Å². The average molecular weight is 341 g/mol. The number of carbonyl (C=O) groups is 3. The number of hydrogen-bond acceptors (Lipinski definition) is 3. The van der Waals surface area contributed by atoms with E-state index in [-0.39, 0.29) is 35.7 Å². The second-order valence-electron chi connectivity index (χ2n) is 7.76. The van der Waals surface area contributed by atoms with Crippen LogP contribution in [0.2, 0.25) is 0 Å². The molecule has 0 aromatic rings. The molecule has 0 fully saturated rings. The lowest BCUT2D eigenvalue weighted by atomic mass is 9.97. The van der Waals surface area contributed by atoms with Crippen molar-refractivity contribution in [2.24, 2.45) is 5.92 Å². The lowest BCUT2D eigenvalue weighted by Crippen LogP contribution is -2.46. The Hall–Kier alpha value is -1.59. The van der Waals surface area contributed by atoms with Crippen molar-refractivity contribution in [1.82, 2.24) is 16.0 Å². The maximum atomic E-state index is 12.0. The highest BCUT2D eigenvalue weighted by molar-refractivity contribution is 5.79. The van der Waals surface area contributed by atoms with E-state index in [1.165, 1.54) is 0 Å². The van der Waals surface area contributed by atoms with Crippen LogP contribution in [0.4, 0.5) is 0 Å². The fourth-order valence-corrected chi connectivity index (χ4v) is 2.13. The van der Waals surface area contributed by atoms with Crippen LogP contribution >= 0.6 is 0 Å². The lowest BCUT2D eigenvalue weighted by molar-refractivity contribution is -0.127. The summed E-state index contributed by atoms with van der Waals surface area (Å²) in [7, 11) is 0. The van der Waals surface area contributed by atoms with Gasteiger partial charge in [-0.25, -0.2) is 0 Å². The van der Waals surface area contributed by atoms with Gasteiger partial charge in [0.1, 0.15) is 0 Å². The van der Waals surface area contributed by atoms with Crippen LogP contribution in [0.15, 0.2) is 0 Å². The third-order valence-electron chi connectivity index (χ3n) is 3.62. The number of amides is 3. The van der Waals surface area contributed by atoms with Crippen molar-refractivity contribution in [3.8, 4) is 0 Å². The Morgan fingerprint density at radius 1 is 0.875 bits per heavy atom. The van der Waals surface area contributed by atoms with Crippen LogP contribution in [0.3, 0.4) is 0 Å². The van der Waals surface area contributed by atoms with Gasteiger partial charge in [-0.3, -0.25) is 14.4 Å². The molecule has 1 unspecified atom stereocenters. The normalized spacial score (nSPS) is 12.9. The second kappa shape index (κ2) is 10.3. The van der Waals surface area contributed by atoms with E-state index >= 15 is 0 Å². The fraction of sp³-hybridized carbons (Fsp3) is 0.833. The van der Waals surface area contributed by atoms with E-state index in [4.69, 9.17) is 0 Å². The third kappa shape index (κ3) is 11.0. The molecule has 0 heterocycles. The monoisotopic (exact) mass is 341 g/mol. The molecule has 140 valence electrons. The molecule has 0 saturated carbocycles. The zero-order chi connectivity index (χ0) is 18.9. The second-order valence-corrected chi connectivity index (χ2v) is 7.76. The maximum Gasteiger partial charge on any atom is 0.222 e. The summed E-state index contributed by atoms with van der Waals surface area (Å²) in [6.45, 7) is 13.3. The Labute approximate surface area is 146 Å². The van der Waals surface area contributed by atoms with Crippen molar-refractivity contribution in [2.45, 2.75) is 91.8 Å². The molecule has 0 aliphatic heterocycles. The van der Waals surface area contributed by atoms with Crippen molar-refractivity contribution in [1.29, 1.82) is 0 Å². The molecule has 0 saturated heterocycles. The molecule has 6 heteroatoms. The Balaban J connectivity index is 4.11. The molecule has 0 aliphatic rings. The molecule has 1 atom stereocenters. The molecular weight excluding hydrogens is 306 g/mol. The van der Waals surface area contributed by atoms with Crippen molar-refractivity contribution >= 4 is 17.7 Å². The maximum absolute atomic E-state index is 12.0. The Morgan fingerprint density at radius 2 is 1.42 bits per heavy atom. The predicted octanol–water partition coefficient (Wildman–Crippen LogP) is 2.13. The van der Waals surface area contributed by atoms with Crippen LogP contribution in [0, 0.1) is 5.92 Å². The van der Waals surface area contributed by atoms with E-state index < -0.39 is 5.54 Å². The molecule has 0 aromatic carbocycles. The summed E-state index contributed by atoms with van der Waals surface area (Å²) in [6.07, 6.45) is 1.92. The van der Waals surface area contributed by atoms with Gasteiger partial charge in [0, 0.05) is 36.4 Å². The van der Waals surface area contributed by atoms with Gasteiger partial charge in [0.2, 0.25) is 17.7 Å². The van der Waals surface area contributed by atoms with E-state index in [0.29, 0.717) is 25.7 Å². The minimum Gasteiger partial charge on any atom is -0.354 e. The third-order valence-corrected chi connectivity index (χ3v) is 3.62. The molecule has 3 amide bonds. The zero-order valence-corrected chi connectivity index (χ0v) is 16.3. The topological polar surface area (TPSA) is 87.3 Å². The highest BCUT2D eigenvalue weighted by atomic mass is 16.2. The molecule has 0 rings (SSSR count). The number of rotatable bonds is 10. The first kappa shape index (κ1) is 22.4. The van der Waals surface area contributed by atoms with Gasteiger partial charge in [0.25, 0.3) is 0 Å². The number of carbonyl (C=O) groups excluding carboxylic acids is 3. The van der Waals surface area contributed by atoms with E-state index in [0.717, 1.165) is 0 Å². The van der Waals surface area contributed by atoms with Crippen molar-refractivity contribution in [3.05, 3.63) is 0 Å². The van der Waals surface area contributed by atoms with E-state index in [2.05, 4.69) is 16.0 Å². The van der Waals surface area contributed by atoms with Crippen LogP contribution in [0.1, 0.15) is 74.1 Å². The lowest BCUT2D eigenvalue weighted by Gasteiger charge is -2.27. The van der Waals surface area contributed by atoms with Gasteiger partial charge < -0.3 is 16.0 Å². The summed E-state index contributed by atoms with van der Waals surface area (Å²) in [5.74, 6) is -0.137. The van der Waals surface area contributed by atoms with Crippen LogP contribution in [0.5, 0.6) is 0 Å². The highest BCUT2D eigenvalue weighted by Gasteiger charge is 2.23. The van der Waals surface area contributed by atoms with Gasteiger partial charge in [-0.2, -0.15) is 0 Å². The van der Waals surface area contributed by atoms with E-state index in [9.17, 15) is 14.4 Å². The molecule has 0 aliphatic carbocycles. The van der Waals surface area contributed by atoms with Crippen molar-refractivity contribution in [2.75, 3.05) is 0 Å². The largest absolute Gasteiger partial charge is 0.354 e. The van der Waals surface area contributed by atoms with Gasteiger partial charge >= 0.3 is 0 Å². The summed E-state index contributed by atoms with van der Waals surface area (Å²) in [4.78, 5) is 35.4. The number of nitrogens with one attached hydrogen (secondary N) is 3. The van der Waals surface area contributed by atoms with Gasteiger partial charge in [-0.05, 0) is 47.5 Å². The SMILES string of the molecule is CC(C)NC(=O)CCC(C)NC(=O)CCC(C)(C)NC(=O)C(C)C. The summed E-state index contributed by atoms with van der Waals surface area (Å²) >= 11 is 0. The Kier molecular flexibility index (Phi) is 9.63. The van der Waals surface area contributed by atoms with Crippen molar-refractivity contribution < 1.29 is 14.4 Å². The molecule has 0 bridgehead atoms. The molecule has 24 heavy (non-hydrogen) atoms. The fourth-order valence-electron chi connectivity index (χ4n) is 2.13. The summed E-state index contributed by atoms with van der Waals surface area (Å²) in [5.41, 5.74) is -0.418. The molecule has 0 aromatic heterocycles. The molecule has 6 nitrogen and oxygen atoms in total.